The summed E-state index contributed by atoms with van der Waals surface area (Å²) in [4.78, 5) is 10.4. The quantitative estimate of drug-likeness (QED) is 0.815. The molecule has 1 rings (SSSR count). The van der Waals surface area contributed by atoms with Crippen molar-refractivity contribution < 1.29 is 9.90 Å². The van der Waals surface area contributed by atoms with Crippen molar-refractivity contribution >= 4 is 34.9 Å². The molecule has 0 unspecified atom stereocenters. The van der Waals surface area contributed by atoms with Crippen molar-refractivity contribution in [2.24, 2.45) is 0 Å². The third kappa shape index (κ3) is 4.13. The summed E-state index contributed by atoms with van der Waals surface area (Å²) in [6, 6.07) is 5.06. The molecule has 0 saturated carbocycles. The third-order valence-electron chi connectivity index (χ3n) is 1.86. The number of aliphatic carboxylic acids is 1. The summed E-state index contributed by atoms with van der Waals surface area (Å²) in [5.74, 6) is -0.962. The molecule has 0 aliphatic rings. The van der Waals surface area contributed by atoms with Gasteiger partial charge in [-0.15, -0.1) is 0 Å². The smallest absolute Gasteiger partial charge is 0.328 e. The molecule has 0 bridgehead atoms. The van der Waals surface area contributed by atoms with Crippen LogP contribution in [-0.2, 0) is 4.79 Å². The first-order valence-electron chi connectivity index (χ1n) is 4.58. The Morgan fingerprint density at radius 2 is 2.19 bits per heavy atom. The molecular formula is C11H11Cl2NO2. The Hall–Kier alpha value is -1.19. The lowest BCUT2D eigenvalue weighted by Crippen LogP contribution is -2.05. The number of anilines is 1. The second kappa shape index (κ2) is 5.77. The molecule has 0 fully saturated rings. The summed E-state index contributed by atoms with van der Waals surface area (Å²) in [6.45, 7) is 2.13. The van der Waals surface area contributed by atoms with Gasteiger partial charge in [-0.05, 0) is 30.7 Å². The Bertz CT molecular complexity index is 430. The minimum Gasteiger partial charge on any atom is -0.478 e. The second-order valence-electron chi connectivity index (χ2n) is 3.31. The zero-order chi connectivity index (χ0) is 12.1. The molecular weight excluding hydrogens is 249 g/mol. The van der Waals surface area contributed by atoms with Crippen LogP contribution in [0.3, 0.4) is 0 Å². The van der Waals surface area contributed by atoms with Crippen LogP contribution in [0.4, 0.5) is 5.69 Å². The van der Waals surface area contributed by atoms with E-state index in [1.54, 1.807) is 25.1 Å². The highest BCUT2D eigenvalue weighted by Crippen LogP contribution is 2.25. The molecule has 16 heavy (non-hydrogen) atoms. The number of nitrogens with one attached hydrogen (secondary N) is 1. The summed E-state index contributed by atoms with van der Waals surface area (Å²) in [6.07, 6.45) is 1.14. The molecule has 0 aliphatic heterocycles. The van der Waals surface area contributed by atoms with E-state index in [9.17, 15) is 4.79 Å². The molecule has 0 spiro atoms. The van der Waals surface area contributed by atoms with E-state index < -0.39 is 5.97 Å². The van der Waals surface area contributed by atoms with Gasteiger partial charge >= 0.3 is 5.97 Å². The van der Waals surface area contributed by atoms with Crippen LogP contribution in [0.25, 0.3) is 0 Å². The molecule has 1 aromatic carbocycles. The van der Waals surface area contributed by atoms with Crippen LogP contribution < -0.4 is 5.32 Å². The standard InChI is InChI=1S/C11H11Cl2NO2/c1-7(4-11(15)16)6-14-10-5-8(12)2-3-9(10)13/h2-5,14H,6H2,1H3,(H,15,16)/b7-4-. The maximum absolute atomic E-state index is 10.4. The van der Waals surface area contributed by atoms with Crippen molar-refractivity contribution in [1.29, 1.82) is 0 Å². The van der Waals surface area contributed by atoms with Gasteiger partial charge in [0.2, 0.25) is 0 Å². The average molecular weight is 260 g/mol. The van der Waals surface area contributed by atoms with E-state index >= 15 is 0 Å². The van der Waals surface area contributed by atoms with Crippen LogP contribution in [0.1, 0.15) is 6.92 Å². The molecule has 0 aromatic heterocycles. The first kappa shape index (κ1) is 12.9. The number of hydrogen-bond acceptors (Lipinski definition) is 2. The number of halogens is 2. The van der Waals surface area contributed by atoms with Crippen LogP contribution in [-0.4, -0.2) is 17.6 Å². The molecule has 5 heteroatoms. The van der Waals surface area contributed by atoms with E-state index in [1.165, 1.54) is 0 Å². The molecule has 86 valence electrons. The Morgan fingerprint density at radius 1 is 1.50 bits per heavy atom. The third-order valence-corrected chi connectivity index (χ3v) is 2.42. The summed E-state index contributed by atoms with van der Waals surface area (Å²) in [5, 5.41) is 12.7. The number of rotatable bonds is 4. The van der Waals surface area contributed by atoms with Gasteiger partial charge in [0.15, 0.2) is 0 Å². The highest BCUT2D eigenvalue weighted by Gasteiger charge is 2.01. The molecule has 0 amide bonds. The molecule has 0 radical (unpaired) electrons. The minimum absolute atomic E-state index is 0.409. The van der Waals surface area contributed by atoms with Gasteiger partial charge in [0.05, 0.1) is 10.7 Å². The first-order chi connectivity index (χ1) is 7.49. The van der Waals surface area contributed by atoms with Gasteiger partial charge in [-0.25, -0.2) is 4.79 Å². The lowest BCUT2D eigenvalue weighted by Gasteiger charge is -2.08. The monoisotopic (exact) mass is 259 g/mol. The lowest BCUT2D eigenvalue weighted by atomic mass is 10.2. The summed E-state index contributed by atoms with van der Waals surface area (Å²) < 4.78 is 0. The van der Waals surface area contributed by atoms with Crippen molar-refractivity contribution in [1.82, 2.24) is 0 Å². The number of carboxylic acids is 1. The van der Waals surface area contributed by atoms with E-state index in [2.05, 4.69) is 5.32 Å². The van der Waals surface area contributed by atoms with Crippen LogP contribution in [0.5, 0.6) is 0 Å². The summed E-state index contributed by atoms with van der Waals surface area (Å²) in [7, 11) is 0. The SMILES string of the molecule is C/C(=C/C(=O)O)CNc1cc(Cl)ccc1Cl. The van der Waals surface area contributed by atoms with Crippen molar-refractivity contribution in [3.05, 3.63) is 39.9 Å². The molecule has 0 heterocycles. The van der Waals surface area contributed by atoms with E-state index in [1.807, 2.05) is 0 Å². The molecule has 0 aliphatic carbocycles. The summed E-state index contributed by atoms with van der Waals surface area (Å²) in [5.41, 5.74) is 1.39. The molecule has 0 saturated heterocycles. The van der Waals surface area contributed by atoms with Crippen molar-refractivity contribution in [3.63, 3.8) is 0 Å². The largest absolute Gasteiger partial charge is 0.478 e. The van der Waals surface area contributed by atoms with E-state index in [0.717, 1.165) is 6.08 Å². The number of carbonyl (C=O) groups is 1. The van der Waals surface area contributed by atoms with Crippen molar-refractivity contribution in [2.45, 2.75) is 6.92 Å². The number of hydrogen-bond donors (Lipinski definition) is 2. The summed E-state index contributed by atoms with van der Waals surface area (Å²) >= 11 is 11.7. The zero-order valence-electron chi connectivity index (χ0n) is 8.63. The van der Waals surface area contributed by atoms with E-state index in [4.69, 9.17) is 28.3 Å². The zero-order valence-corrected chi connectivity index (χ0v) is 10.1. The van der Waals surface area contributed by atoms with Gasteiger partial charge in [-0.3, -0.25) is 0 Å². The van der Waals surface area contributed by atoms with Gasteiger partial charge in [-0.2, -0.15) is 0 Å². The Morgan fingerprint density at radius 3 is 2.81 bits per heavy atom. The topological polar surface area (TPSA) is 49.3 Å². The van der Waals surface area contributed by atoms with Gasteiger partial charge < -0.3 is 10.4 Å². The van der Waals surface area contributed by atoms with Crippen LogP contribution in [0.2, 0.25) is 10.0 Å². The molecule has 1 aromatic rings. The molecule has 2 N–H and O–H groups in total. The Balaban J connectivity index is 2.68. The molecule has 0 atom stereocenters. The van der Waals surface area contributed by atoms with Crippen LogP contribution in [0.15, 0.2) is 29.8 Å². The highest BCUT2D eigenvalue weighted by molar-refractivity contribution is 6.35. The predicted molar refractivity (Wildman–Crippen MR) is 66.3 cm³/mol. The van der Waals surface area contributed by atoms with Crippen molar-refractivity contribution in [3.8, 4) is 0 Å². The highest BCUT2D eigenvalue weighted by atomic mass is 35.5. The fourth-order valence-corrected chi connectivity index (χ4v) is 1.49. The fraction of sp³-hybridized carbons (Fsp3) is 0.182. The van der Waals surface area contributed by atoms with E-state index in [0.29, 0.717) is 27.9 Å². The maximum atomic E-state index is 10.4. The molecule has 3 nitrogen and oxygen atoms in total. The Labute approximate surface area is 104 Å². The van der Waals surface area contributed by atoms with Gasteiger partial charge in [-0.1, -0.05) is 23.2 Å². The first-order valence-corrected chi connectivity index (χ1v) is 5.33. The minimum atomic E-state index is -0.962. The lowest BCUT2D eigenvalue weighted by molar-refractivity contribution is -0.131. The predicted octanol–water partition coefficient (Wildman–Crippen LogP) is 3.44. The van der Waals surface area contributed by atoms with Gasteiger partial charge in [0.1, 0.15) is 0 Å². The average Bonchev–Trinajstić information content (AvgIpc) is 2.18. The Kier molecular flexibility index (Phi) is 4.65. The van der Waals surface area contributed by atoms with Crippen LogP contribution >= 0.6 is 23.2 Å². The van der Waals surface area contributed by atoms with E-state index in [-0.39, 0.29) is 0 Å². The fourth-order valence-electron chi connectivity index (χ4n) is 1.13. The maximum Gasteiger partial charge on any atom is 0.328 e. The van der Waals surface area contributed by atoms with Gasteiger partial charge in [0, 0.05) is 17.6 Å². The second-order valence-corrected chi connectivity index (χ2v) is 4.15. The van der Waals surface area contributed by atoms with Gasteiger partial charge in [0.25, 0.3) is 0 Å². The normalized spacial score (nSPS) is 11.3. The number of carboxylic acid groups (broad SMARTS) is 1. The van der Waals surface area contributed by atoms with Crippen molar-refractivity contribution in [2.75, 3.05) is 11.9 Å². The number of benzene rings is 1. The van der Waals surface area contributed by atoms with Crippen LogP contribution in [0, 0.1) is 0 Å².